The van der Waals surface area contributed by atoms with Gasteiger partial charge in [0.1, 0.15) is 5.56 Å². The van der Waals surface area contributed by atoms with Gasteiger partial charge in [-0.05, 0) is 81.1 Å². The first-order valence-electron chi connectivity index (χ1n) is 10.6. The average molecular weight is 408 g/mol. The van der Waals surface area contributed by atoms with E-state index in [2.05, 4.69) is 40.1 Å². The maximum Gasteiger partial charge on any atom is 0.341 e. The zero-order valence-corrected chi connectivity index (χ0v) is 17.8. The molecule has 0 radical (unpaired) electrons. The van der Waals surface area contributed by atoms with Gasteiger partial charge in [-0.2, -0.15) is 0 Å². The van der Waals surface area contributed by atoms with E-state index in [0.29, 0.717) is 12.1 Å². The Hall–Kier alpha value is -2.86. The largest absolute Gasteiger partial charge is 0.477 e. The van der Waals surface area contributed by atoms with Crippen molar-refractivity contribution in [3.8, 4) is 11.3 Å². The van der Waals surface area contributed by atoms with Gasteiger partial charge in [-0.3, -0.25) is 4.79 Å². The van der Waals surface area contributed by atoms with Crippen molar-refractivity contribution < 1.29 is 9.90 Å². The lowest BCUT2D eigenvalue weighted by Gasteiger charge is -2.16. The number of hydrogen-bond donors (Lipinski definition) is 3. The number of nitrogens with zero attached hydrogens (tertiary/aromatic N) is 1. The van der Waals surface area contributed by atoms with Gasteiger partial charge in [-0.15, -0.1) is 0 Å². The molecule has 2 heterocycles. The lowest BCUT2D eigenvalue weighted by atomic mass is 9.95. The van der Waals surface area contributed by atoms with Crippen LogP contribution in [0.4, 0.5) is 0 Å². The van der Waals surface area contributed by atoms with Crippen LogP contribution in [0.1, 0.15) is 54.2 Å². The highest BCUT2D eigenvalue weighted by atomic mass is 16.4. The zero-order chi connectivity index (χ0) is 21.5. The first kappa shape index (κ1) is 20.4. The number of pyridine rings is 1. The van der Waals surface area contributed by atoms with Crippen LogP contribution in [0, 0.1) is 0 Å². The van der Waals surface area contributed by atoms with Crippen LogP contribution in [0.25, 0.3) is 22.2 Å². The summed E-state index contributed by atoms with van der Waals surface area (Å²) in [6.07, 6.45) is 5.46. The Balaban J connectivity index is 1.76. The average Bonchev–Trinajstić information content (AvgIpc) is 3.44. The van der Waals surface area contributed by atoms with Crippen molar-refractivity contribution in [2.45, 2.75) is 44.4 Å². The molecule has 0 atom stereocenters. The summed E-state index contributed by atoms with van der Waals surface area (Å²) in [5.41, 5.74) is 4.51. The summed E-state index contributed by atoms with van der Waals surface area (Å²) in [6, 6.07) is 10.0. The van der Waals surface area contributed by atoms with Gasteiger partial charge >= 0.3 is 5.97 Å². The smallest absolute Gasteiger partial charge is 0.341 e. The summed E-state index contributed by atoms with van der Waals surface area (Å²) in [4.78, 5) is 26.4. The third-order valence-electron chi connectivity index (χ3n) is 6.54. The van der Waals surface area contributed by atoms with E-state index in [4.69, 9.17) is 0 Å². The quantitative estimate of drug-likeness (QED) is 0.495. The standard InChI is InChI=1S/C24H29N3O3/c1-4-15-13-18(23(29)30)22(28)26-21(15)16-6-7-19-17(12-16)14-20(27(19)3)24(9-10-24)8-5-11-25-2/h6-7,12-14,25H,4-5,8-11H2,1-3H3,(H,26,28)(H,29,30). The molecule has 6 nitrogen and oxygen atoms in total. The summed E-state index contributed by atoms with van der Waals surface area (Å²) in [7, 11) is 4.13. The molecule has 158 valence electrons. The number of aromatic amines is 1. The number of nitrogens with one attached hydrogen (secondary N) is 2. The van der Waals surface area contributed by atoms with Crippen molar-refractivity contribution in [1.29, 1.82) is 0 Å². The van der Waals surface area contributed by atoms with Crippen molar-refractivity contribution >= 4 is 16.9 Å². The fraction of sp³-hybridized carbons (Fsp3) is 0.417. The second-order valence-electron chi connectivity index (χ2n) is 8.42. The highest BCUT2D eigenvalue weighted by Crippen LogP contribution is 2.52. The first-order chi connectivity index (χ1) is 14.4. The fourth-order valence-electron chi connectivity index (χ4n) is 4.67. The number of carboxylic acids is 1. The summed E-state index contributed by atoms with van der Waals surface area (Å²) >= 11 is 0. The molecule has 2 aromatic heterocycles. The monoisotopic (exact) mass is 407 g/mol. The molecule has 0 amide bonds. The Morgan fingerprint density at radius 2 is 2.03 bits per heavy atom. The van der Waals surface area contributed by atoms with E-state index in [1.165, 1.54) is 43.0 Å². The summed E-state index contributed by atoms with van der Waals surface area (Å²) in [5, 5.41) is 13.6. The van der Waals surface area contributed by atoms with Crippen molar-refractivity contribution in [3.63, 3.8) is 0 Å². The molecular formula is C24H29N3O3. The van der Waals surface area contributed by atoms with Crippen LogP contribution in [0.5, 0.6) is 0 Å². The van der Waals surface area contributed by atoms with E-state index in [-0.39, 0.29) is 11.0 Å². The number of carbonyl (C=O) groups is 1. The van der Waals surface area contributed by atoms with Gasteiger partial charge in [0.05, 0.1) is 5.69 Å². The number of aromatic carboxylic acids is 1. The minimum atomic E-state index is -1.20. The van der Waals surface area contributed by atoms with Crippen LogP contribution >= 0.6 is 0 Å². The molecule has 1 aromatic carbocycles. The molecular weight excluding hydrogens is 378 g/mol. The van der Waals surface area contributed by atoms with Gasteiger partial charge < -0.3 is 20.0 Å². The topological polar surface area (TPSA) is 87.1 Å². The highest BCUT2D eigenvalue weighted by molar-refractivity contribution is 5.89. The summed E-state index contributed by atoms with van der Waals surface area (Å²) < 4.78 is 2.31. The molecule has 1 aliphatic rings. The van der Waals surface area contributed by atoms with Crippen molar-refractivity contribution in [1.82, 2.24) is 14.9 Å². The van der Waals surface area contributed by atoms with Crippen LogP contribution < -0.4 is 10.9 Å². The third kappa shape index (κ3) is 3.45. The van der Waals surface area contributed by atoms with E-state index >= 15 is 0 Å². The number of aryl methyl sites for hydroxylation is 2. The van der Waals surface area contributed by atoms with E-state index in [1.807, 2.05) is 20.0 Å². The van der Waals surface area contributed by atoms with Gasteiger partial charge in [0, 0.05) is 29.1 Å². The number of fused-ring (bicyclic) bond motifs is 1. The zero-order valence-electron chi connectivity index (χ0n) is 17.8. The molecule has 0 unspecified atom stereocenters. The summed E-state index contributed by atoms with van der Waals surface area (Å²) in [6.45, 7) is 3.00. The Morgan fingerprint density at radius 3 is 2.67 bits per heavy atom. The minimum absolute atomic E-state index is 0.212. The molecule has 0 aliphatic heterocycles. The number of hydrogen-bond acceptors (Lipinski definition) is 3. The third-order valence-corrected chi connectivity index (χ3v) is 6.54. The number of aromatic nitrogens is 2. The molecule has 4 rings (SSSR count). The van der Waals surface area contributed by atoms with E-state index < -0.39 is 11.5 Å². The van der Waals surface area contributed by atoms with Crippen LogP contribution in [0.2, 0.25) is 0 Å². The molecule has 6 heteroatoms. The van der Waals surface area contributed by atoms with Crippen LogP contribution in [-0.4, -0.2) is 34.2 Å². The van der Waals surface area contributed by atoms with E-state index in [9.17, 15) is 14.7 Å². The minimum Gasteiger partial charge on any atom is -0.477 e. The summed E-state index contributed by atoms with van der Waals surface area (Å²) in [5.74, 6) is -1.20. The van der Waals surface area contributed by atoms with Crippen molar-refractivity contribution in [2.24, 2.45) is 7.05 Å². The van der Waals surface area contributed by atoms with Gasteiger partial charge in [-0.1, -0.05) is 13.0 Å². The van der Waals surface area contributed by atoms with Crippen molar-refractivity contribution in [3.05, 3.63) is 57.5 Å². The molecule has 0 saturated heterocycles. The maximum absolute atomic E-state index is 12.3. The molecule has 30 heavy (non-hydrogen) atoms. The molecule has 3 N–H and O–H groups in total. The number of H-pyrrole nitrogens is 1. The normalized spacial score (nSPS) is 14.9. The predicted molar refractivity (Wildman–Crippen MR) is 119 cm³/mol. The lowest BCUT2D eigenvalue weighted by molar-refractivity contribution is 0.0695. The van der Waals surface area contributed by atoms with Gasteiger partial charge in [0.15, 0.2) is 0 Å². The van der Waals surface area contributed by atoms with Crippen LogP contribution in [-0.2, 0) is 18.9 Å². The fourth-order valence-corrected chi connectivity index (χ4v) is 4.67. The number of rotatable bonds is 8. The number of benzene rings is 1. The second-order valence-corrected chi connectivity index (χ2v) is 8.42. The van der Waals surface area contributed by atoms with Crippen LogP contribution in [0.3, 0.4) is 0 Å². The maximum atomic E-state index is 12.3. The molecule has 0 spiro atoms. The van der Waals surface area contributed by atoms with Crippen LogP contribution in [0.15, 0.2) is 35.1 Å². The van der Waals surface area contributed by atoms with E-state index in [1.54, 1.807) is 0 Å². The lowest BCUT2D eigenvalue weighted by Crippen LogP contribution is -2.19. The Labute approximate surface area is 175 Å². The Morgan fingerprint density at radius 1 is 1.27 bits per heavy atom. The molecule has 1 aliphatic carbocycles. The predicted octanol–water partition coefficient (Wildman–Crippen LogP) is 3.83. The van der Waals surface area contributed by atoms with Gasteiger partial charge in [0.25, 0.3) is 5.56 Å². The van der Waals surface area contributed by atoms with Gasteiger partial charge in [0.2, 0.25) is 0 Å². The molecule has 1 fully saturated rings. The SMILES string of the molecule is CCc1cc(C(=O)O)c(=O)[nH]c1-c1ccc2c(c1)cc(C1(CCCNC)CC1)n2C. The second kappa shape index (κ2) is 7.76. The number of carboxylic acid groups (broad SMARTS) is 1. The van der Waals surface area contributed by atoms with E-state index in [0.717, 1.165) is 23.1 Å². The Bertz CT molecular complexity index is 1170. The van der Waals surface area contributed by atoms with Crippen molar-refractivity contribution in [2.75, 3.05) is 13.6 Å². The molecule has 3 aromatic rings. The van der Waals surface area contributed by atoms with Gasteiger partial charge in [-0.25, -0.2) is 4.79 Å². The first-order valence-corrected chi connectivity index (χ1v) is 10.6. The molecule has 0 bridgehead atoms. The molecule has 1 saturated carbocycles. The highest BCUT2D eigenvalue weighted by Gasteiger charge is 2.45. The Kier molecular flexibility index (Phi) is 5.28.